The van der Waals surface area contributed by atoms with Crippen LogP contribution in [0.3, 0.4) is 0 Å². The maximum atomic E-state index is 11.9. The second-order valence-electron chi connectivity index (χ2n) is 4.91. The molecule has 1 aromatic heterocycles. The molecule has 0 spiro atoms. The van der Waals surface area contributed by atoms with Crippen LogP contribution in [-0.2, 0) is 11.3 Å². The minimum atomic E-state index is -0.0109. The van der Waals surface area contributed by atoms with E-state index in [2.05, 4.69) is 9.88 Å². The van der Waals surface area contributed by atoms with E-state index in [4.69, 9.17) is 4.74 Å². The second kappa shape index (κ2) is 6.92. The molecule has 0 radical (unpaired) electrons. The average molecular weight is 298 g/mol. The lowest BCUT2D eigenvalue weighted by Gasteiger charge is -2.26. The summed E-state index contributed by atoms with van der Waals surface area (Å²) in [5.41, 5.74) is 1.90. The van der Waals surface area contributed by atoms with Gasteiger partial charge in [0.25, 0.3) is 0 Å². The summed E-state index contributed by atoms with van der Waals surface area (Å²) in [5.74, 6) is 0. The van der Waals surface area contributed by atoms with Crippen molar-refractivity contribution >= 4 is 23.4 Å². The first kappa shape index (κ1) is 15.1. The van der Waals surface area contributed by atoms with Crippen molar-refractivity contribution in [2.75, 3.05) is 32.8 Å². The monoisotopic (exact) mass is 297 g/mol. The van der Waals surface area contributed by atoms with Gasteiger partial charge in [0.15, 0.2) is 0 Å². The summed E-state index contributed by atoms with van der Waals surface area (Å²) in [6, 6.07) is 7.83. The zero-order chi connectivity index (χ0) is 13.1. The Morgan fingerprint density at radius 1 is 1.15 bits per heavy atom. The van der Waals surface area contributed by atoms with Gasteiger partial charge in [-0.15, -0.1) is 12.4 Å². The Kier molecular flexibility index (Phi) is 5.23. The van der Waals surface area contributed by atoms with E-state index in [0.717, 1.165) is 56.8 Å². The number of para-hydroxylation sites is 2. The Balaban J connectivity index is 0.00000147. The van der Waals surface area contributed by atoms with Crippen LogP contribution >= 0.6 is 12.4 Å². The largest absolute Gasteiger partial charge is 0.379 e. The third-order valence-corrected chi connectivity index (χ3v) is 3.64. The Morgan fingerprint density at radius 3 is 2.70 bits per heavy atom. The number of hydrogen-bond acceptors (Lipinski definition) is 3. The standard InChI is InChI=1S/C14H19N3O2.ClH/c18-14-15-12-4-1-2-5-13(12)17(14)7-3-6-16-8-10-19-11-9-16;/h1-2,4-5H,3,6-11H2,(H,15,18);1H. The molecule has 20 heavy (non-hydrogen) atoms. The van der Waals surface area contributed by atoms with Gasteiger partial charge >= 0.3 is 5.69 Å². The van der Waals surface area contributed by atoms with Gasteiger partial charge in [-0.2, -0.15) is 0 Å². The zero-order valence-corrected chi connectivity index (χ0v) is 12.2. The molecule has 1 aliphatic heterocycles. The van der Waals surface area contributed by atoms with E-state index in [1.165, 1.54) is 0 Å². The number of aryl methyl sites for hydroxylation is 1. The molecule has 0 atom stereocenters. The number of aromatic nitrogens is 2. The molecule has 1 aliphatic rings. The highest BCUT2D eigenvalue weighted by Crippen LogP contribution is 2.09. The number of rotatable bonds is 4. The number of halogens is 1. The third kappa shape index (κ3) is 3.23. The quantitative estimate of drug-likeness (QED) is 0.930. The van der Waals surface area contributed by atoms with Crippen molar-refractivity contribution in [2.45, 2.75) is 13.0 Å². The van der Waals surface area contributed by atoms with Gasteiger partial charge < -0.3 is 9.72 Å². The lowest BCUT2D eigenvalue weighted by atomic mass is 10.3. The summed E-state index contributed by atoms with van der Waals surface area (Å²) in [4.78, 5) is 17.2. The van der Waals surface area contributed by atoms with E-state index in [9.17, 15) is 4.79 Å². The summed E-state index contributed by atoms with van der Waals surface area (Å²) in [7, 11) is 0. The number of fused-ring (bicyclic) bond motifs is 1. The van der Waals surface area contributed by atoms with Crippen molar-refractivity contribution in [2.24, 2.45) is 0 Å². The number of morpholine rings is 1. The minimum absolute atomic E-state index is 0. The van der Waals surface area contributed by atoms with Gasteiger partial charge in [0.2, 0.25) is 0 Å². The molecule has 110 valence electrons. The molecule has 1 fully saturated rings. The first-order valence-corrected chi connectivity index (χ1v) is 6.82. The number of aromatic amines is 1. The molecule has 2 aromatic rings. The number of nitrogens with one attached hydrogen (secondary N) is 1. The van der Waals surface area contributed by atoms with Crippen molar-refractivity contribution in [1.29, 1.82) is 0 Å². The van der Waals surface area contributed by atoms with Gasteiger partial charge in [-0.3, -0.25) is 9.47 Å². The number of imidazole rings is 1. The highest BCUT2D eigenvalue weighted by molar-refractivity contribution is 5.85. The van der Waals surface area contributed by atoms with E-state index >= 15 is 0 Å². The minimum Gasteiger partial charge on any atom is -0.379 e. The van der Waals surface area contributed by atoms with Crippen molar-refractivity contribution < 1.29 is 4.74 Å². The van der Waals surface area contributed by atoms with Crippen molar-refractivity contribution in [3.05, 3.63) is 34.7 Å². The molecule has 0 aliphatic carbocycles. The van der Waals surface area contributed by atoms with Crippen LogP contribution in [0.15, 0.2) is 29.1 Å². The lowest BCUT2D eigenvalue weighted by Crippen LogP contribution is -2.37. The fourth-order valence-corrected chi connectivity index (χ4v) is 2.61. The summed E-state index contributed by atoms with van der Waals surface area (Å²) in [6.07, 6.45) is 0.988. The van der Waals surface area contributed by atoms with Crippen LogP contribution in [0.5, 0.6) is 0 Å². The van der Waals surface area contributed by atoms with E-state index in [1.807, 2.05) is 28.8 Å². The van der Waals surface area contributed by atoms with Gasteiger partial charge in [-0.1, -0.05) is 12.1 Å². The summed E-state index contributed by atoms with van der Waals surface area (Å²) < 4.78 is 7.16. The van der Waals surface area contributed by atoms with E-state index in [1.54, 1.807) is 0 Å². The summed E-state index contributed by atoms with van der Waals surface area (Å²) in [6.45, 7) is 5.45. The maximum Gasteiger partial charge on any atom is 0.326 e. The predicted molar refractivity (Wildman–Crippen MR) is 81.7 cm³/mol. The van der Waals surface area contributed by atoms with Crippen molar-refractivity contribution in [3.8, 4) is 0 Å². The number of benzene rings is 1. The normalized spacial score (nSPS) is 16.2. The van der Waals surface area contributed by atoms with Crippen LogP contribution in [0.25, 0.3) is 11.0 Å². The molecule has 1 saturated heterocycles. The van der Waals surface area contributed by atoms with Crippen LogP contribution in [0.2, 0.25) is 0 Å². The maximum absolute atomic E-state index is 11.9. The molecule has 0 saturated carbocycles. The van der Waals surface area contributed by atoms with Gasteiger partial charge in [0, 0.05) is 26.2 Å². The van der Waals surface area contributed by atoms with Crippen molar-refractivity contribution in [1.82, 2.24) is 14.5 Å². The molecule has 0 bridgehead atoms. The molecule has 1 aromatic carbocycles. The van der Waals surface area contributed by atoms with Crippen LogP contribution in [-0.4, -0.2) is 47.3 Å². The SMILES string of the molecule is Cl.O=c1[nH]c2ccccc2n1CCCN1CCOCC1. The van der Waals surface area contributed by atoms with Gasteiger partial charge in [-0.05, 0) is 18.6 Å². The number of nitrogens with zero attached hydrogens (tertiary/aromatic N) is 2. The number of ether oxygens (including phenoxy) is 1. The van der Waals surface area contributed by atoms with Crippen LogP contribution in [0.1, 0.15) is 6.42 Å². The van der Waals surface area contributed by atoms with Gasteiger partial charge in [-0.25, -0.2) is 4.79 Å². The Labute approximate surface area is 123 Å². The molecule has 1 N–H and O–H groups in total. The highest BCUT2D eigenvalue weighted by atomic mass is 35.5. The molecular formula is C14H20ClN3O2. The molecule has 3 rings (SSSR count). The first-order valence-electron chi connectivity index (χ1n) is 6.82. The van der Waals surface area contributed by atoms with E-state index in [-0.39, 0.29) is 18.1 Å². The van der Waals surface area contributed by atoms with E-state index < -0.39 is 0 Å². The van der Waals surface area contributed by atoms with Gasteiger partial charge in [0.05, 0.1) is 24.2 Å². The Bertz CT molecular complexity index is 602. The number of hydrogen-bond donors (Lipinski definition) is 1. The topological polar surface area (TPSA) is 50.3 Å². The molecule has 0 amide bonds. The fourth-order valence-electron chi connectivity index (χ4n) is 2.61. The van der Waals surface area contributed by atoms with E-state index in [0.29, 0.717) is 0 Å². The van der Waals surface area contributed by atoms with Gasteiger partial charge in [0.1, 0.15) is 0 Å². The highest BCUT2D eigenvalue weighted by Gasteiger charge is 2.10. The predicted octanol–water partition coefficient (Wildman–Crippen LogP) is 1.47. The third-order valence-electron chi connectivity index (χ3n) is 3.64. The molecule has 0 unspecified atom stereocenters. The Hall–Kier alpha value is -1.30. The summed E-state index contributed by atoms with van der Waals surface area (Å²) in [5, 5.41) is 0. The fraction of sp³-hybridized carbons (Fsp3) is 0.500. The second-order valence-corrected chi connectivity index (χ2v) is 4.91. The van der Waals surface area contributed by atoms with Crippen LogP contribution in [0.4, 0.5) is 0 Å². The smallest absolute Gasteiger partial charge is 0.326 e. The Morgan fingerprint density at radius 2 is 1.90 bits per heavy atom. The zero-order valence-electron chi connectivity index (χ0n) is 11.4. The molecular weight excluding hydrogens is 278 g/mol. The average Bonchev–Trinajstić information content (AvgIpc) is 2.76. The van der Waals surface area contributed by atoms with Crippen molar-refractivity contribution in [3.63, 3.8) is 0 Å². The molecule has 6 heteroatoms. The molecule has 5 nitrogen and oxygen atoms in total. The summed E-state index contributed by atoms with van der Waals surface area (Å²) >= 11 is 0. The number of H-pyrrole nitrogens is 1. The first-order chi connectivity index (χ1) is 9.34. The molecule has 2 heterocycles. The van der Waals surface area contributed by atoms with Crippen LogP contribution in [0, 0.1) is 0 Å². The van der Waals surface area contributed by atoms with Crippen LogP contribution < -0.4 is 5.69 Å². The lowest BCUT2D eigenvalue weighted by molar-refractivity contribution is 0.0369.